The lowest BCUT2D eigenvalue weighted by atomic mass is 10.1. The molecular weight excluding hydrogens is 404 g/mol. The number of para-hydroxylation sites is 1. The number of nitrogens with one attached hydrogen (secondary N) is 1. The first-order valence-corrected chi connectivity index (χ1v) is 10.2. The van der Waals surface area contributed by atoms with E-state index < -0.39 is 0 Å². The maximum atomic E-state index is 12.3. The highest BCUT2D eigenvalue weighted by Crippen LogP contribution is 2.41. The highest BCUT2D eigenvalue weighted by atomic mass is 16.5. The van der Waals surface area contributed by atoms with Gasteiger partial charge < -0.3 is 19.7 Å². The molecule has 0 spiro atoms. The maximum absolute atomic E-state index is 12.3. The van der Waals surface area contributed by atoms with Gasteiger partial charge in [-0.05, 0) is 54.6 Å². The molecule has 0 atom stereocenters. The zero-order valence-electron chi connectivity index (χ0n) is 17.2. The Balaban J connectivity index is 1.47. The monoisotopic (exact) mass is 424 g/mol. The van der Waals surface area contributed by atoms with E-state index in [2.05, 4.69) is 21.9 Å². The highest BCUT2D eigenvalue weighted by Gasteiger charge is 2.25. The molecule has 4 aromatic rings. The number of ether oxygens (including phenoxy) is 2. The molecule has 1 aliphatic rings. The second-order valence-electron chi connectivity index (χ2n) is 7.14. The number of carbonyl (C=O) groups excluding carboxylic acids is 1. The fourth-order valence-corrected chi connectivity index (χ4v) is 3.63. The lowest BCUT2D eigenvalue weighted by Gasteiger charge is -2.29. The van der Waals surface area contributed by atoms with Crippen LogP contribution in [0.3, 0.4) is 0 Å². The third-order valence-corrected chi connectivity index (χ3v) is 5.12. The second-order valence-corrected chi connectivity index (χ2v) is 7.14. The molecule has 32 heavy (non-hydrogen) atoms. The highest BCUT2D eigenvalue weighted by molar-refractivity contribution is 6.07. The van der Waals surface area contributed by atoms with E-state index in [1.165, 1.54) is 12.4 Å². The van der Waals surface area contributed by atoms with Gasteiger partial charge in [-0.1, -0.05) is 24.8 Å². The van der Waals surface area contributed by atoms with Crippen LogP contribution in [-0.4, -0.2) is 29.0 Å². The molecule has 1 amide bonds. The van der Waals surface area contributed by atoms with Gasteiger partial charge in [-0.2, -0.15) is 0 Å². The number of hydrogen-bond acceptors (Lipinski definition) is 6. The Kier molecular flexibility index (Phi) is 5.13. The number of hydrogen-bond donors (Lipinski definition) is 1. The van der Waals surface area contributed by atoms with Gasteiger partial charge in [-0.25, -0.2) is 9.97 Å². The van der Waals surface area contributed by atoms with Crippen LogP contribution in [0.15, 0.2) is 85.7 Å². The minimum Gasteiger partial charge on any atom is -0.489 e. The Labute approximate surface area is 184 Å². The minimum absolute atomic E-state index is 0.172. The van der Waals surface area contributed by atoms with Crippen LogP contribution in [0.25, 0.3) is 10.9 Å². The predicted octanol–water partition coefficient (Wildman–Crippen LogP) is 5.08. The quantitative estimate of drug-likeness (QED) is 0.451. The molecule has 1 aromatic heterocycles. The topological polar surface area (TPSA) is 76.6 Å². The Bertz CT molecular complexity index is 1290. The van der Waals surface area contributed by atoms with E-state index in [4.69, 9.17) is 9.47 Å². The molecule has 0 bridgehead atoms. The second kappa shape index (κ2) is 8.39. The number of nitrogens with zero attached hydrogens (tertiary/aromatic N) is 3. The van der Waals surface area contributed by atoms with E-state index in [0.717, 1.165) is 28.1 Å². The van der Waals surface area contributed by atoms with E-state index in [1.54, 1.807) is 4.90 Å². The van der Waals surface area contributed by atoms with Gasteiger partial charge in [0.1, 0.15) is 30.3 Å². The molecule has 0 saturated heterocycles. The largest absolute Gasteiger partial charge is 0.489 e. The molecule has 0 unspecified atom stereocenters. The summed E-state index contributed by atoms with van der Waals surface area (Å²) in [5.41, 5.74) is 2.23. The summed E-state index contributed by atoms with van der Waals surface area (Å²) in [6.45, 7) is 4.44. The molecular formula is C25H20N4O3. The third kappa shape index (κ3) is 3.72. The van der Waals surface area contributed by atoms with Crippen molar-refractivity contribution in [1.29, 1.82) is 0 Å². The summed E-state index contributed by atoms with van der Waals surface area (Å²) in [6.07, 6.45) is 2.80. The van der Waals surface area contributed by atoms with Crippen LogP contribution in [0, 0.1) is 0 Å². The van der Waals surface area contributed by atoms with Gasteiger partial charge in [-0.15, -0.1) is 0 Å². The lowest BCUT2D eigenvalue weighted by molar-refractivity contribution is -0.114. The first kappa shape index (κ1) is 19.6. The number of anilines is 3. The number of aromatic nitrogens is 2. The smallest absolute Gasteiger partial charge is 0.250 e. The molecule has 3 aromatic carbocycles. The van der Waals surface area contributed by atoms with E-state index >= 15 is 0 Å². The van der Waals surface area contributed by atoms with Crippen molar-refractivity contribution in [1.82, 2.24) is 9.97 Å². The fourth-order valence-electron chi connectivity index (χ4n) is 3.63. The zero-order valence-corrected chi connectivity index (χ0v) is 17.2. The van der Waals surface area contributed by atoms with Crippen molar-refractivity contribution < 1.29 is 14.3 Å². The minimum atomic E-state index is -0.172. The van der Waals surface area contributed by atoms with Crippen LogP contribution in [0.4, 0.5) is 17.2 Å². The molecule has 0 saturated carbocycles. The van der Waals surface area contributed by atoms with Crippen LogP contribution in [-0.2, 0) is 4.79 Å². The Morgan fingerprint density at radius 2 is 1.81 bits per heavy atom. The summed E-state index contributed by atoms with van der Waals surface area (Å²) in [5.74, 6) is 2.51. The summed E-state index contributed by atoms with van der Waals surface area (Å²) >= 11 is 0. The lowest BCUT2D eigenvalue weighted by Crippen LogP contribution is -2.36. The summed E-state index contributed by atoms with van der Waals surface area (Å²) in [7, 11) is 0. The average molecular weight is 424 g/mol. The number of carbonyl (C=O) groups is 1. The van der Waals surface area contributed by atoms with Gasteiger partial charge in [0.2, 0.25) is 0 Å². The Morgan fingerprint density at radius 1 is 1.03 bits per heavy atom. The standard InChI is InChI=1S/C25H20N4O3/c1-2-22(30)29-14-15-31-24-21(29)13-12-20-23(24)25(27-16-26-20)28-17-8-10-19(11-9-17)32-18-6-4-3-5-7-18/h2-13,16H,1,14-15H2,(H,26,27,28). The van der Waals surface area contributed by atoms with E-state index in [1.807, 2.05) is 66.7 Å². The average Bonchev–Trinajstić information content (AvgIpc) is 2.85. The van der Waals surface area contributed by atoms with Gasteiger partial charge in [-0.3, -0.25) is 4.79 Å². The van der Waals surface area contributed by atoms with Gasteiger partial charge in [0.25, 0.3) is 5.91 Å². The summed E-state index contributed by atoms with van der Waals surface area (Å²) in [6, 6.07) is 20.9. The van der Waals surface area contributed by atoms with Crippen molar-refractivity contribution in [3.05, 3.63) is 85.7 Å². The summed E-state index contributed by atoms with van der Waals surface area (Å²) < 4.78 is 11.8. The first-order valence-electron chi connectivity index (χ1n) is 10.2. The molecule has 5 rings (SSSR count). The molecule has 7 heteroatoms. The molecule has 2 heterocycles. The van der Waals surface area contributed by atoms with Crippen LogP contribution in [0.2, 0.25) is 0 Å². The van der Waals surface area contributed by atoms with Crippen LogP contribution in [0.5, 0.6) is 17.2 Å². The van der Waals surface area contributed by atoms with Crippen molar-refractivity contribution >= 4 is 34.0 Å². The SMILES string of the molecule is C=CC(=O)N1CCOc2c1ccc1ncnc(Nc3ccc(Oc4ccccc4)cc3)c21. The van der Waals surface area contributed by atoms with E-state index in [0.29, 0.717) is 30.4 Å². The number of rotatable bonds is 5. The molecule has 1 aliphatic heterocycles. The molecule has 158 valence electrons. The van der Waals surface area contributed by atoms with E-state index in [9.17, 15) is 4.79 Å². The Hall–Kier alpha value is -4.39. The van der Waals surface area contributed by atoms with Crippen LogP contribution in [0.1, 0.15) is 0 Å². The van der Waals surface area contributed by atoms with Gasteiger partial charge in [0, 0.05) is 5.69 Å². The summed E-state index contributed by atoms with van der Waals surface area (Å²) in [4.78, 5) is 22.7. The fraction of sp³-hybridized carbons (Fsp3) is 0.0800. The number of benzene rings is 3. The molecule has 0 radical (unpaired) electrons. The molecule has 0 aliphatic carbocycles. The molecule has 0 fully saturated rings. The van der Waals surface area contributed by atoms with Gasteiger partial charge in [0.05, 0.1) is 23.1 Å². The normalized spacial score (nSPS) is 12.6. The van der Waals surface area contributed by atoms with Crippen molar-refractivity contribution in [2.75, 3.05) is 23.4 Å². The van der Waals surface area contributed by atoms with Crippen molar-refractivity contribution in [2.45, 2.75) is 0 Å². The van der Waals surface area contributed by atoms with E-state index in [-0.39, 0.29) is 5.91 Å². The van der Waals surface area contributed by atoms with Crippen molar-refractivity contribution in [3.63, 3.8) is 0 Å². The van der Waals surface area contributed by atoms with Crippen molar-refractivity contribution in [2.24, 2.45) is 0 Å². The molecule has 7 nitrogen and oxygen atoms in total. The summed E-state index contributed by atoms with van der Waals surface area (Å²) in [5, 5.41) is 4.05. The predicted molar refractivity (Wildman–Crippen MR) is 124 cm³/mol. The number of amides is 1. The first-order chi connectivity index (χ1) is 15.7. The number of fused-ring (bicyclic) bond motifs is 3. The zero-order chi connectivity index (χ0) is 21.9. The molecule has 1 N–H and O–H groups in total. The van der Waals surface area contributed by atoms with Crippen molar-refractivity contribution in [3.8, 4) is 17.2 Å². The maximum Gasteiger partial charge on any atom is 0.250 e. The third-order valence-electron chi connectivity index (χ3n) is 5.12. The Morgan fingerprint density at radius 3 is 2.59 bits per heavy atom. The van der Waals surface area contributed by atoms with Gasteiger partial charge in [0.15, 0.2) is 5.75 Å². The van der Waals surface area contributed by atoms with Gasteiger partial charge >= 0.3 is 0 Å². The van der Waals surface area contributed by atoms with Crippen LogP contribution >= 0.6 is 0 Å². The van der Waals surface area contributed by atoms with Crippen LogP contribution < -0.4 is 19.7 Å².